The van der Waals surface area contributed by atoms with Crippen molar-refractivity contribution in [1.29, 1.82) is 0 Å². The number of aryl methyl sites for hydroxylation is 8. The third-order valence-corrected chi connectivity index (χ3v) is 22.7. The quantitative estimate of drug-likeness (QED) is 0.0304. The van der Waals surface area contributed by atoms with Crippen LogP contribution in [0.15, 0.2) is 140 Å². The van der Waals surface area contributed by atoms with Crippen LogP contribution >= 0.6 is 0 Å². The first-order valence-electron chi connectivity index (χ1n) is 40.8. The molecule has 0 spiro atoms. The van der Waals surface area contributed by atoms with E-state index in [1.54, 1.807) is 6.20 Å². The molecule has 9 heterocycles. The summed E-state index contributed by atoms with van der Waals surface area (Å²) in [6.07, 6.45) is 29.1. The number of ketones is 1. The lowest BCUT2D eigenvalue weighted by atomic mass is 9.85. The number of carbonyl (C=O) groups excluding carboxylic acids is 1. The van der Waals surface area contributed by atoms with Crippen LogP contribution in [0, 0.1) is 5.92 Å². The molecular formula is C91H117N17O3S. The lowest BCUT2D eigenvalue weighted by Crippen LogP contribution is -2.12. The van der Waals surface area contributed by atoms with E-state index in [4.69, 9.17) is 42.9 Å². The molecule has 0 amide bonds. The molecule has 1 saturated carbocycles. The molecule has 0 bridgehead atoms. The lowest BCUT2D eigenvalue weighted by Gasteiger charge is -2.20. The number of Topliss-reactive ketones (excluding diaryl/α,β-unsaturated/α-hetero) is 1. The first-order valence-corrected chi connectivity index (χ1v) is 42.9. The topological polar surface area (TPSA) is 291 Å². The van der Waals surface area contributed by atoms with Gasteiger partial charge in [0, 0.05) is 99.1 Å². The number of sulfone groups is 1. The number of benzene rings is 5. The minimum Gasteiger partial charge on any atom is -0.382 e. The van der Waals surface area contributed by atoms with E-state index in [9.17, 15) is 13.2 Å². The predicted octanol–water partition coefficient (Wildman–Crippen LogP) is 19.8. The van der Waals surface area contributed by atoms with Gasteiger partial charge in [-0.1, -0.05) is 216 Å². The molecule has 15 rings (SSSR count). The van der Waals surface area contributed by atoms with Crippen LogP contribution in [-0.4, -0.2) is 89.3 Å². The SMILES string of the molecule is C.CCCCc1nc2c(N)nc3ccccc3c2n1Cc1ccc(CC)cc1.CCCCc1nc2c(N)nc3ccccc3c2n1Cc1cccc(CC)c1.CCCCc1nc2c(N)nc3cccnc3c2n1CCCCCC(=O)CC1CCCCC1.CCc1nc2c(N)nc3ccccc3c2n1CCCCCS(C)(=O)=O. The van der Waals surface area contributed by atoms with Crippen LogP contribution in [0.4, 0.5) is 23.3 Å². The van der Waals surface area contributed by atoms with Crippen LogP contribution in [0.3, 0.4) is 0 Å². The maximum atomic E-state index is 12.4. The minimum absolute atomic E-state index is 0. The molecule has 112 heavy (non-hydrogen) atoms. The zero-order valence-corrected chi connectivity index (χ0v) is 67.1. The van der Waals surface area contributed by atoms with E-state index in [0.29, 0.717) is 41.4 Å². The summed E-state index contributed by atoms with van der Waals surface area (Å²) in [7, 11) is -2.88. The normalized spacial score (nSPS) is 12.6. The minimum atomic E-state index is -2.88. The van der Waals surface area contributed by atoms with E-state index in [2.05, 4.69) is 158 Å². The van der Waals surface area contributed by atoms with Crippen LogP contribution in [-0.2, 0) is 79.3 Å². The van der Waals surface area contributed by atoms with Crippen molar-refractivity contribution in [3.05, 3.63) is 185 Å². The highest BCUT2D eigenvalue weighted by molar-refractivity contribution is 7.90. The monoisotopic (exact) mass is 1530 g/mol. The van der Waals surface area contributed by atoms with Crippen LogP contribution in [0.2, 0.25) is 0 Å². The van der Waals surface area contributed by atoms with Crippen molar-refractivity contribution in [2.45, 2.75) is 236 Å². The first kappa shape index (κ1) is 82.5. The molecule has 20 nitrogen and oxygen atoms in total. The van der Waals surface area contributed by atoms with Gasteiger partial charge in [0.25, 0.3) is 0 Å². The molecule has 590 valence electrons. The Kier molecular flexibility index (Phi) is 28.9. The zero-order valence-electron chi connectivity index (χ0n) is 66.3. The van der Waals surface area contributed by atoms with E-state index in [0.717, 1.165) is 259 Å². The highest BCUT2D eigenvalue weighted by Gasteiger charge is 2.24. The maximum absolute atomic E-state index is 12.4. The fourth-order valence-corrected chi connectivity index (χ4v) is 16.5. The van der Waals surface area contributed by atoms with Gasteiger partial charge in [-0.15, -0.1) is 0 Å². The number of para-hydroxylation sites is 3. The second-order valence-corrected chi connectivity index (χ2v) is 32.3. The summed E-state index contributed by atoms with van der Waals surface area (Å²) < 4.78 is 31.7. The van der Waals surface area contributed by atoms with Gasteiger partial charge in [0.05, 0.1) is 38.6 Å². The molecule has 1 aliphatic carbocycles. The summed E-state index contributed by atoms with van der Waals surface area (Å²) in [5, 5.41) is 3.28. The molecule has 14 aromatic rings. The van der Waals surface area contributed by atoms with Crippen molar-refractivity contribution in [3.8, 4) is 0 Å². The van der Waals surface area contributed by atoms with E-state index in [-0.39, 0.29) is 13.2 Å². The summed E-state index contributed by atoms with van der Waals surface area (Å²) in [6, 6.07) is 45.9. The molecule has 0 aliphatic heterocycles. The lowest BCUT2D eigenvalue weighted by molar-refractivity contribution is -0.120. The molecule has 0 saturated heterocycles. The van der Waals surface area contributed by atoms with Crippen molar-refractivity contribution in [2.24, 2.45) is 5.92 Å². The predicted molar refractivity (Wildman–Crippen MR) is 466 cm³/mol. The number of nitrogen functional groups attached to an aromatic ring is 4. The number of fused-ring (bicyclic) bond motifs is 12. The van der Waals surface area contributed by atoms with Gasteiger partial charge in [0.1, 0.15) is 72.0 Å². The van der Waals surface area contributed by atoms with Gasteiger partial charge in [0.15, 0.2) is 23.3 Å². The number of hydrogen-bond donors (Lipinski definition) is 4. The molecule has 0 radical (unpaired) electrons. The van der Waals surface area contributed by atoms with Crippen LogP contribution < -0.4 is 22.9 Å². The van der Waals surface area contributed by atoms with Crippen LogP contribution in [0.5, 0.6) is 0 Å². The number of nitrogens with two attached hydrogens (primary N) is 4. The number of rotatable bonds is 30. The van der Waals surface area contributed by atoms with Gasteiger partial charge >= 0.3 is 0 Å². The van der Waals surface area contributed by atoms with E-state index >= 15 is 0 Å². The van der Waals surface area contributed by atoms with Crippen molar-refractivity contribution in [3.63, 3.8) is 0 Å². The van der Waals surface area contributed by atoms with Crippen molar-refractivity contribution in [1.82, 2.24) is 63.1 Å². The Labute approximate surface area is 661 Å². The molecule has 1 fully saturated rings. The third kappa shape index (κ3) is 19.9. The molecule has 21 heteroatoms. The molecule has 5 aromatic carbocycles. The Morgan fingerprint density at radius 1 is 0.411 bits per heavy atom. The average molecular weight is 1530 g/mol. The number of unbranched alkanes of at least 4 members (excludes halogenated alkanes) is 7. The molecule has 9 aromatic heterocycles. The fraction of sp³-hybridized carbons (Fsp3) is 0.429. The summed E-state index contributed by atoms with van der Waals surface area (Å²) in [5.41, 5.74) is 42.1. The number of pyridine rings is 5. The Morgan fingerprint density at radius 3 is 1.34 bits per heavy atom. The van der Waals surface area contributed by atoms with E-state index in [1.165, 1.54) is 60.6 Å². The molecule has 0 atom stereocenters. The van der Waals surface area contributed by atoms with E-state index < -0.39 is 9.84 Å². The fourth-order valence-electron chi connectivity index (χ4n) is 15.7. The summed E-state index contributed by atoms with van der Waals surface area (Å²) >= 11 is 0. The second kappa shape index (κ2) is 39.2. The number of nitrogens with zero attached hydrogens (tertiary/aromatic N) is 13. The standard InChI is InChI=1S/C26H37N5O.2C23H26N4.C18H24N4O2S.CH4/c1-2-3-15-22-30-24-25(23-21(29-26(24)27)14-10-16-28-23)31(22)17-9-5-8-13-20(32)18-19-11-6-4-7-12-19;1-3-5-13-20-26-21-22(18-11-6-7-12-19(18)25-23(21)24)27(20)15-17-10-8-9-16(4-2)14-17;1-3-5-10-20-26-21-22(18-8-6-7-9-19(18)25-23(21)24)27(20)15-17-13-11-16(4-2)12-14-17;1-3-15-21-16-17(13-9-5-6-10-14(13)20-18(16)19)22(15)11-7-4-8-12-25(2,23)24;/h10,14,16,19H,2-9,11-13,15,17-18H2,1H3,(H2,27,29);6-12,14H,3-5,13,15H2,1-2H3,(H2,24,25);6-9,11-14H,3-5,10,15H2,1-2H3,(H2,24,25);5-6,9-10H,3-4,7-8,11-12H2,1-2H3,(H2,19,20);1H4. The molecular weight excluding hydrogens is 1410 g/mol. The molecule has 1 aliphatic rings. The van der Waals surface area contributed by atoms with Crippen molar-refractivity contribution < 1.29 is 13.2 Å². The number of aromatic nitrogens is 13. The number of hydrogen-bond acceptors (Lipinski definition) is 16. The largest absolute Gasteiger partial charge is 0.382 e. The number of imidazole rings is 4. The highest BCUT2D eigenvalue weighted by Crippen LogP contribution is 2.35. The Morgan fingerprint density at radius 2 is 0.839 bits per heavy atom. The van der Waals surface area contributed by atoms with Gasteiger partial charge in [-0.2, -0.15) is 0 Å². The van der Waals surface area contributed by atoms with E-state index in [1.807, 2.05) is 60.7 Å². The summed E-state index contributed by atoms with van der Waals surface area (Å²) in [5.74, 6) is 7.57. The Balaban J connectivity index is 0.000000148. The average Bonchev–Trinajstić information content (AvgIpc) is 1.61. The van der Waals surface area contributed by atoms with Gasteiger partial charge in [0.2, 0.25) is 0 Å². The summed E-state index contributed by atoms with van der Waals surface area (Å²) in [4.78, 5) is 54.5. The second-order valence-electron chi connectivity index (χ2n) is 30.0. The van der Waals surface area contributed by atoms with Crippen molar-refractivity contribution in [2.75, 3.05) is 34.9 Å². The smallest absolute Gasteiger partial charge is 0.152 e. The zero-order chi connectivity index (χ0) is 78.0. The summed E-state index contributed by atoms with van der Waals surface area (Å²) in [6.45, 7) is 16.4. The van der Waals surface area contributed by atoms with Crippen molar-refractivity contribution >= 4 is 127 Å². The first-order chi connectivity index (χ1) is 54.0. The molecule has 8 N–H and O–H groups in total. The maximum Gasteiger partial charge on any atom is 0.152 e. The van der Waals surface area contributed by atoms with Crippen LogP contribution in [0.25, 0.3) is 87.9 Å². The Hall–Kier alpha value is -10.4. The number of anilines is 4. The number of carbonyl (C=O) groups is 1. The third-order valence-electron chi connectivity index (χ3n) is 21.7. The van der Waals surface area contributed by atoms with Gasteiger partial charge in [-0.05, 0) is 116 Å². The van der Waals surface area contributed by atoms with Gasteiger partial charge in [-0.25, -0.2) is 48.3 Å². The van der Waals surface area contributed by atoms with Gasteiger partial charge in [-0.3, -0.25) is 9.78 Å². The highest BCUT2D eigenvalue weighted by atomic mass is 32.2. The van der Waals surface area contributed by atoms with Crippen LogP contribution in [0.1, 0.15) is 217 Å². The molecule has 0 unspecified atom stereocenters. The Bertz CT molecular complexity index is 5620. The van der Waals surface area contributed by atoms with Gasteiger partial charge < -0.3 is 41.2 Å².